The molecule has 0 saturated heterocycles. The second-order valence-electron chi connectivity index (χ2n) is 4.93. The maximum atomic E-state index is 6.30. The smallest absolute Gasteiger partial charge is 0.126 e. The van der Waals surface area contributed by atoms with Gasteiger partial charge in [0.05, 0.1) is 10.7 Å². The summed E-state index contributed by atoms with van der Waals surface area (Å²) in [4.78, 5) is 8.37. The number of hydrogen-bond acceptors (Lipinski definition) is 4. The highest BCUT2D eigenvalue weighted by molar-refractivity contribution is 7.09. The number of aromatic nitrogens is 1. The van der Waals surface area contributed by atoms with E-state index in [1.54, 1.807) is 11.3 Å². The Labute approximate surface area is 136 Å². The van der Waals surface area contributed by atoms with E-state index in [0.717, 1.165) is 49.1 Å². The second-order valence-corrected chi connectivity index (χ2v) is 6.37. The van der Waals surface area contributed by atoms with Crippen LogP contribution >= 0.6 is 22.9 Å². The molecule has 0 bridgehead atoms. The van der Waals surface area contributed by atoms with E-state index in [9.17, 15) is 0 Å². The molecule has 2 heterocycles. The van der Waals surface area contributed by atoms with Gasteiger partial charge in [-0.1, -0.05) is 31.5 Å². The number of halogens is 1. The lowest BCUT2D eigenvalue weighted by Crippen LogP contribution is -2.22. The van der Waals surface area contributed by atoms with Gasteiger partial charge in [0.25, 0.3) is 0 Å². The molecule has 0 fully saturated rings. The summed E-state index contributed by atoms with van der Waals surface area (Å²) in [6.45, 7) is 7.93. The molecular formula is C16H22ClN3S. The molecule has 0 aliphatic heterocycles. The van der Waals surface area contributed by atoms with E-state index >= 15 is 0 Å². The number of pyridine rings is 1. The van der Waals surface area contributed by atoms with Crippen molar-refractivity contribution >= 4 is 28.8 Å². The molecule has 2 aromatic rings. The Bertz CT molecular complexity index is 542. The van der Waals surface area contributed by atoms with Gasteiger partial charge in [-0.2, -0.15) is 0 Å². The Balaban J connectivity index is 2.05. The summed E-state index contributed by atoms with van der Waals surface area (Å²) >= 11 is 8.09. The van der Waals surface area contributed by atoms with Crippen molar-refractivity contribution in [3.8, 4) is 0 Å². The molecule has 0 unspecified atom stereocenters. The summed E-state index contributed by atoms with van der Waals surface area (Å²) in [7, 11) is 0. The maximum Gasteiger partial charge on any atom is 0.126 e. The van der Waals surface area contributed by atoms with Crippen molar-refractivity contribution in [2.24, 2.45) is 0 Å². The number of nitrogens with zero attached hydrogens (tertiary/aromatic N) is 2. The fourth-order valence-corrected chi connectivity index (χ4v) is 2.97. The molecule has 0 aliphatic rings. The molecule has 5 heteroatoms. The Morgan fingerprint density at radius 3 is 2.76 bits per heavy atom. The van der Waals surface area contributed by atoms with Gasteiger partial charge in [-0.15, -0.1) is 11.3 Å². The first-order chi connectivity index (χ1) is 10.2. The zero-order valence-corrected chi connectivity index (χ0v) is 14.2. The van der Waals surface area contributed by atoms with E-state index in [4.69, 9.17) is 11.6 Å². The van der Waals surface area contributed by atoms with Crippen LogP contribution in [0.15, 0.2) is 29.6 Å². The number of hydrogen-bond donors (Lipinski definition) is 1. The van der Waals surface area contributed by atoms with Gasteiger partial charge >= 0.3 is 0 Å². The SMILES string of the molecule is CCCNc1ccc(Cl)c(CN(CC)Cc2cccs2)n1. The molecule has 1 N–H and O–H groups in total. The highest BCUT2D eigenvalue weighted by Crippen LogP contribution is 2.20. The highest BCUT2D eigenvalue weighted by atomic mass is 35.5. The standard InChI is InChI=1S/C16H22ClN3S/c1-3-9-18-16-8-7-14(17)15(19-16)12-20(4-2)11-13-6-5-10-21-13/h5-8,10H,3-4,9,11-12H2,1-2H3,(H,18,19). The molecular weight excluding hydrogens is 302 g/mol. The Morgan fingerprint density at radius 2 is 2.10 bits per heavy atom. The molecule has 21 heavy (non-hydrogen) atoms. The van der Waals surface area contributed by atoms with E-state index in [-0.39, 0.29) is 0 Å². The quantitative estimate of drug-likeness (QED) is 0.767. The van der Waals surface area contributed by atoms with Crippen LogP contribution in [0.2, 0.25) is 5.02 Å². The summed E-state index contributed by atoms with van der Waals surface area (Å²) in [6, 6.07) is 8.13. The van der Waals surface area contributed by atoms with Crippen LogP contribution in [0, 0.1) is 0 Å². The first kappa shape index (κ1) is 16.3. The van der Waals surface area contributed by atoms with Crippen LogP contribution in [0.1, 0.15) is 30.8 Å². The van der Waals surface area contributed by atoms with Crippen molar-refractivity contribution in [1.82, 2.24) is 9.88 Å². The van der Waals surface area contributed by atoms with Crippen LogP contribution in [0.3, 0.4) is 0 Å². The van der Waals surface area contributed by atoms with Gasteiger partial charge in [0.15, 0.2) is 0 Å². The minimum Gasteiger partial charge on any atom is -0.370 e. The third-order valence-corrected chi connectivity index (χ3v) is 4.46. The molecule has 0 amide bonds. The molecule has 0 radical (unpaired) electrons. The van der Waals surface area contributed by atoms with E-state index in [1.807, 2.05) is 12.1 Å². The Morgan fingerprint density at radius 1 is 1.24 bits per heavy atom. The van der Waals surface area contributed by atoms with Gasteiger partial charge in [0.2, 0.25) is 0 Å². The molecule has 0 aliphatic carbocycles. The van der Waals surface area contributed by atoms with Gasteiger partial charge in [-0.25, -0.2) is 4.98 Å². The van der Waals surface area contributed by atoms with Crippen LogP contribution in [0.5, 0.6) is 0 Å². The molecule has 3 nitrogen and oxygen atoms in total. The summed E-state index contributed by atoms with van der Waals surface area (Å²) in [6.07, 6.45) is 1.08. The number of rotatable bonds is 8. The highest BCUT2D eigenvalue weighted by Gasteiger charge is 2.10. The number of nitrogens with one attached hydrogen (secondary N) is 1. The van der Waals surface area contributed by atoms with Crippen molar-refractivity contribution in [3.63, 3.8) is 0 Å². The van der Waals surface area contributed by atoms with Crippen LogP contribution in [-0.2, 0) is 13.1 Å². The maximum absolute atomic E-state index is 6.30. The van der Waals surface area contributed by atoms with E-state index in [2.05, 4.69) is 46.6 Å². The van der Waals surface area contributed by atoms with Crippen LogP contribution in [0.4, 0.5) is 5.82 Å². The zero-order chi connectivity index (χ0) is 15.1. The summed E-state index contributed by atoms with van der Waals surface area (Å²) < 4.78 is 0. The van der Waals surface area contributed by atoms with Crippen molar-refractivity contribution in [2.75, 3.05) is 18.4 Å². The molecule has 2 rings (SSSR count). The van der Waals surface area contributed by atoms with Crippen LogP contribution in [0.25, 0.3) is 0 Å². The normalized spacial score (nSPS) is 11.0. The third kappa shape index (κ3) is 4.99. The van der Waals surface area contributed by atoms with Gasteiger partial charge in [0, 0.05) is 24.5 Å². The molecule has 0 atom stereocenters. The topological polar surface area (TPSA) is 28.2 Å². The lowest BCUT2D eigenvalue weighted by Gasteiger charge is -2.20. The van der Waals surface area contributed by atoms with Crippen LogP contribution < -0.4 is 5.32 Å². The van der Waals surface area contributed by atoms with E-state index in [0.29, 0.717) is 0 Å². The van der Waals surface area contributed by atoms with Crippen LogP contribution in [-0.4, -0.2) is 23.0 Å². The summed E-state index contributed by atoms with van der Waals surface area (Å²) in [5, 5.41) is 6.16. The number of anilines is 1. The minimum atomic E-state index is 0.738. The average molecular weight is 324 g/mol. The Hall–Kier alpha value is -1.10. The fraction of sp³-hybridized carbons (Fsp3) is 0.438. The van der Waals surface area contributed by atoms with Crippen molar-refractivity contribution < 1.29 is 0 Å². The largest absolute Gasteiger partial charge is 0.370 e. The third-order valence-electron chi connectivity index (χ3n) is 3.25. The average Bonchev–Trinajstić information content (AvgIpc) is 3.00. The predicted molar refractivity (Wildman–Crippen MR) is 92.1 cm³/mol. The summed E-state index contributed by atoms with van der Waals surface area (Å²) in [5.41, 5.74) is 0.941. The molecule has 114 valence electrons. The van der Waals surface area contributed by atoms with Gasteiger partial charge in [-0.3, -0.25) is 4.90 Å². The fourth-order valence-electron chi connectivity index (χ4n) is 2.06. The lowest BCUT2D eigenvalue weighted by atomic mass is 10.3. The first-order valence-electron chi connectivity index (χ1n) is 7.37. The summed E-state index contributed by atoms with van der Waals surface area (Å²) in [5.74, 6) is 0.906. The van der Waals surface area contributed by atoms with Crippen molar-refractivity contribution in [2.45, 2.75) is 33.4 Å². The Kier molecular flexibility index (Phi) is 6.49. The van der Waals surface area contributed by atoms with Gasteiger partial charge in [0.1, 0.15) is 5.82 Å². The van der Waals surface area contributed by atoms with Gasteiger partial charge in [-0.05, 0) is 36.5 Å². The molecule has 0 saturated carbocycles. The van der Waals surface area contributed by atoms with Crippen molar-refractivity contribution in [3.05, 3.63) is 45.2 Å². The second kappa shape index (κ2) is 8.37. The number of thiophene rings is 1. The zero-order valence-electron chi connectivity index (χ0n) is 12.6. The molecule has 0 spiro atoms. The first-order valence-corrected chi connectivity index (χ1v) is 8.62. The monoisotopic (exact) mass is 323 g/mol. The van der Waals surface area contributed by atoms with Gasteiger partial charge < -0.3 is 5.32 Å². The predicted octanol–water partition coefficient (Wildman–Crippen LogP) is 4.64. The molecule has 0 aromatic carbocycles. The molecule has 2 aromatic heterocycles. The van der Waals surface area contributed by atoms with E-state index in [1.165, 1.54) is 4.88 Å². The lowest BCUT2D eigenvalue weighted by molar-refractivity contribution is 0.271. The van der Waals surface area contributed by atoms with Crippen molar-refractivity contribution in [1.29, 1.82) is 0 Å². The van der Waals surface area contributed by atoms with E-state index < -0.39 is 0 Å². The minimum absolute atomic E-state index is 0.738.